The number of benzene rings is 2. The van der Waals surface area contributed by atoms with E-state index in [0.29, 0.717) is 0 Å². The van der Waals surface area contributed by atoms with Crippen LogP contribution in [0.3, 0.4) is 0 Å². The molecule has 0 saturated carbocycles. The van der Waals surface area contributed by atoms with Crippen molar-refractivity contribution in [3.05, 3.63) is 60.2 Å². The zero-order valence-electron chi connectivity index (χ0n) is 15.6. The highest BCUT2D eigenvalue weighted by Crippen LogP contribution is 2.18. The van der Waals surface area contributed by atoms with Gasteiger partial charge in [-0.1, -0.05) is 75.8 Å². The Morgan fingerprint density at radius 3 is 2.12 bits per heavy atom. The number of rotatable bonds is 12. The van der Waals surface area contributed by atoms with Crippen LogP contribution in [-0.4, -0.2) is 11.2 Å². The number of hydrogen-bond donors (Lipinski definition) is 2. The topological polar surface area (TPSA) is 32.3 Å². The van der Waals surface area contributed by atoms with Crippen LogP contribution in [0.25, 0.3) is 0 Å². The van der Waals surface area contributed by atoms with E-state index in [4.69, 9.17) is 0 Å². The average Bonchev–Trinajstić information content (AvgIpc) is 2.65. The Kier molecular flexibility index (Phi) is 9.14. The third-order valence-corrected chi connectivity index (χ3v) is 4.67. The van der Waals surface area contributed by atoms with Gasteiger partial charge in [-0.3, -0.25) is 0 Å². The molecule has 2 N–H and O–H groups in total. The van der Waals surface area contributed by atoms with Crippen LogP contribution in [0.1, 0.15) is 63.9 Å². The summed E-state index contributed by atoms with van der Waals surface area (Å²) in [6.07, 6.45) is 10.3. The van der Waals surface area contributed by atoms with Gasteiger partial charge in [0.15, 0.2) is 0 Å². The zero-order valence-corrected chi connectivity index (χ0v) is 15.6. The summed E-state index contributed by atoms with van der Waals surface area (Å²) >= 11 is 0. The molecule has 25 heavy (non-hydrogen) atoms. The summed E-state index contributed by atoms with van der Waals surface area (Å²) in [7, 11) is 0. The number of hydrogen-bond acceptors (Lipinski definition) is 2. The fraction of sp³-hybridized carbons (Fsp3) is 0.478. The van der Waals surface area contributed by atoms with E-state index in [0.717, 1.165) is 37.1 Å². The molecule has 0 heterocycles. The van der Waals surface area contributed by atoms with E-state index < -0.39 is 0 Å². The van der Waals surface area contributed by atoms with E-state index in [1.165, 1.54) is 37.7 Å². The van der Waals surface area contributed by atoms with Crippen molar-refractivity contribution in [1.29, 1.82) is 0 Å². The minimum Gasteiger partial charge on any atom is -0.393 e. The maximum absolute atomic E-state index is 10.2. The number of anilines is 2. The lowest BCUT2D eigenvalue weighted by Crippen LogP contribution is -2.07. The van der Waals surface area contributed by atoms with Crippen LogP contribution in [0.5, 0.6) is 0 Å². The summed E-state index contributed by atoms with van der Waals surface area (Å²) in [4.78, 5) is 0. The first-order chi connectivity index (χ1) is 12.3. The van der Waals surface area contributed by atoms with E-state index >= 15 is 0 Å². The molecule has 0 aliphatic carbocycles. The van der Waals surface area contributed by atoms with Crippen LogP contribution < -0.4 is 5.32 Å². The predicted octanol–water partition coefficient (Wildman–Crippen LogP) is 6.47. The first-order valence-electron chi connectivity index (χ1n) is 9.87. The van der Waals surface area contributed by atoms with Gasteiger partial charge in [-0.25, -0.2) is 0 Å². The molecule has 0 spiro atoms. The number of aliphatic hydroxyl groups excluding tert-OH is 1. The van der Waals surface area contributed by atoms with Gasteiger partial charge in [0.05, 0.1) is 6.10 Å². The maximum Gasteiger partial charge on any atom is 0.0543 e. The van der Waals surface area contributed by atoms with Gasteiger partial charge in [0.25, 0.3) is 0 Å². The van der Waals surface area contributed by atoms with E-state index in [9.17, 15) is 5.11 Å². The lowest BCUT2D eigenvalue weighted by molar-refractivity contribution is 0.151. The number of aliphatic hydroxyl groups is 1. The van der Waals surface area contributed by atoms with Crippen LogP contribution >= 0.6 is 0 Å². The van der Waals surface area contributed by atoms with Gasteiger partial charge in [-0.15, -0.1) is 0 Å². The maximum atomic E-state index is 10.2. The van der Waals surface area contributed by atoms with Crippen molar-refractivity contribution in [2.24, 2.45) is 0 Å². The molecule has 0 aromatic heterocycles. The van der Waals surface area contributed by atoms with Crippen LogP contribution in [-0.2, 0) is 6.42 Å². The summed E-state index contributed by atoms with van der Waals surface area (Å²) < 4.78 is 0. The van der Waals surface area contributed by atoms with Crippen molar-refractivity contribution in [3.8, 4) is 0 Å². The standard InChI is InChI=1S/C23H33NO/c1-2-3-4-5-6-10-13-23(25)19-16-20-14-17-22(18-15-20)24-21-11-8-7-9-12-21/h7-9,11-12,14-15,17-18,23-25H,2-6,10,13,16,19H2,1H3. The molecule has 0 saturated heterocycles. The summed E-state index contributed by atoms with van der Waals surface area (Å²) in [6.45, 7) is 2.24. The number of unbranched alkanes of at least 4 members (excludes halogenated alkanes) is 5. The summed E-state index contributed by atoms with van der Waals surface area (Å²) in [5.74, 6) is 0. The van der Waals surface area contributed by atoms with Gasteiger partial charge in [0, 0.05) is 11.4 Å². The molecule has 2 rings (SSSR count). The molecule has 0 amide bonds. The fourth-order valence-corrected chi connectivity index (χ4v) is 3.08. The number of aryl methyl sites for hydroxylation is 1. The average molecular weight is 340 g/mol. The zero-order chi connectivity index (χ0) is 17.7. The van der Waals surface area contributed by atoms with Gasteiger partial charge < -0.3 is 10.4 Å². The van der Waals surface area contributed by atoms with Crippen LogP contribution in [0.15, 0.2) is 54.6 Å². The molecular formula is C23H33NO. The third-order valence-electron chi connectivity index (χ3n) is 4.67. The van der Waals surface area contributed by atoms with Crippen LogP contribution in [0, 0.1) is 0 Å². The van der Waals surface area contributed by atoms with Crippen LogP contribution in [0.2, 0.25) is 0 Å². The number of nitrogens with one attached hydrogen (secondary N) is 1. The van der Waals surface area contributed by atoms with Gasteiger partial charge in [-0.2, -0.15) is 0 Å². The Bertz CT molecular complexity index is 564. The van der Waals surface area contributed by atoms with Gasteiger partial charge in [0.1, 0.15) is 0 Å². The van der Waals surface area contributed by atoms with E-state index in [-0.39, 0.29) is 6.10 Å². The lowest BCUT2D eigenvalue weighted by Gasteiger charge is -2.11. The summed E-state index contributed by atoms with van der Waals surface area (Å²) in [6, 6.07) is 18.7. The molecule has 136 valence electrons. The molecule has 2 aromatic rings. The number of para-hydroxylation sites is 1. The largest absolute Gasteiger partial charge is 0.393 e. The molecule has 0 aliphatic rings. The molecule has 2 aromatic carbocycles. The molecule has 0 bridgehead atoms. The second-order valence-corrected chi connectivity index (χ2v) is 6.94. The molecule has 2 heteroatoms. The van der Waals surface area contributed by atoms with Crippen molar-refractivity contribution < 1.29 is 5.11 Å². The third kappa shape index (κ3) is 8.22. The lowest BCUT2D eigenvalue weighted by atomic mass is 10.0. The van der Waals surface area contributed by atoms with Crippen molar-refractivity contribution in [3.63, 3.8) is 0 Å². The van der Waals surface area contributed by atoms with Crippen molar-refractivity contribution >= 4 is 11.4 Å². The molecule has 1 atom stereocenters. The molecule has 0 fully saturated rings. The van der Waals surface area contributed by atoms with E-state index in [1.54, 1.807) is 0 Å². The van der Waals surface area contributed by atoms with Crippen LogP contribution in [0.4, 0.5) is 11.4 Å². The monoisotopic (exact) mass is 339 g/mol. The van der Waals surface area contributed by atoms with Crippen molar-refractivity contribution in [1.82, 2.24) is 0 Å². The van der Waals surface area contributed by atoms with Gasteiger partial charge in [0.2, 0.25) is 0 Å². The highest BCUT2D eigenvalue weighted by molar-refractivity contribution is 5.59. The molecule has 1 unspecified atom stereocenters. The minimum atomic E-state index is -0.159. The predicted molar refractivity (Wildman–Crippen MR) is 108 cm³/mol. The highest BCUT2D eigenvalue weighted by Gasteiger charge is 2.05. The Morgan fingerprint density at radius 1 is 0.760 bits per heavy atom. The molecule has 2 nitrogen and oxygen atoms in total. The second-order valence-electron chi connectivity index (χ2n) is 6.94. The normalized spacial score (nSPS) is 12.1. The van der Waals surface area contributed by atoms with Gasteiger partial charge >= 0.3 is 0 Å². The Balaban J connectivity index is 1.64. The van der Waals surface area contributed by atoms with Crippen molar-refractivity contribution in [2.75, 3.05) is 5.32 Å². The molecule has 0 radical (unpaired) electrons. The smallest absolute Gasteiger partial charge is 0.0543 e. The fourth-order valence-electron chi connectivity index (χ4n) is 3.08. The Labute approximate surface area is 153 Å². The van der Waals surface area contributed by atoms with E-state index in [1.807, 2.05) is 18.2 Å². The first kappa shape index (κ1) is 19.5. The Morgan fingerprint density at radius 2 is 1.40 bits per heavy atom. The van der Waals surface area contributed by atoms with Crippen molar-refractivity contribution in [2.45, 2.75) is 70.8 Å². The highest BCUT2D eigenvalue weighted by atomic mass is 16.3. The Hall–Kier alpha value is -1.80. The minimum absolute atomic E-state index is 0.159. The summed E-state index contributed by atoms with van der Waals surface area (Å²) in [5, 5.41) is 13.5. The SMILES string of the molecule is CCCCCCCCC(O)CCc1ccc(Nc2ccccc2)cc1. The first-order valence-corrected chi connectivity index (χ1v) is 9.87. The molecule has 0 aliphatic heterocycles. The van der Waals surface area contributed by atoms with Gasteiger partial charge in [-0.05, 0) is 49.1 Å². The van der Waals surface area contributed by atoms with E-state index in [2.05, 4.69) is 48.6 Å². The second kappa shape index (κ2) is 11.7. The molecular weight excluding hydrogens is 306 g/mol. The quantitative estimate of drug-likeness (QED) is 0.434. The summed E-state index contributed by atoms with van der Waals surface area (Å²) in [5.41, 5.74) is 3.49.